The van der Waals surface area contributed by atoms with Gasteiger partial charge in [0.1, 0.15) is 0 Å². The molecule has 3 N–H and O–H groups in total. The smallest absolute Gasteiger partial charge is 0.417 e. The van der Waals surface area contributed by atoms with Crippen LogP contribution in [0.4, 0.5) is 22.0 Å². The minimum Gasteiger partial charge on any atom is -0.477 e. The van der Waals surface area contributed by atoms with E-state index < -0.39 is 47.5 Å². The van der Waals surface area contributed by atoms with Crippen LogP contribution in [0, 0.1) is 0 Å². The van der Waals surface area contributed by atoms with Crippen molar-refractivity contribution in [1.29, 1.82) is 0 Å². The van der Waals surface area contributed by atoms with Gasteiger partial charge in [-0.2, -0.15) is 13.2 Å². The van der Waals surface area contributed by atoms with Crippen LogP contribution in [0.15, 0.2) is 6.20 Å². The molecule has 0 saturated carbocycles. The number of nitrogens with zero attached hydrogens (tertiary/aromatic N) is 1. The summed E-state index contributed by atoms with van der Waals surface area (Å²) in [5, 5.41) is 8.64. The summed E-state index contributed by atoms with van der Waals surface area (Å²) in [5.74, 6) is -1.76. The molecule has 4 nitrogen and oxygen atoms in total. The third kappa shape index (κ3) is 2.55. The average Bonchev–Trinajstić information content (AvgIpc) is 2.25. The largest absolute Gasteiger partial charge is 0.477 e. The summed E-state index contributed by atoms with van der Waals surface area (Å²) in [7, 11) is 0. The van der Waals surface area contributed by atoms with Gasteiger partial charge in [-0.25, -0.2) is 18.6 Å². The molecule has 0 aromatic carbocycles. The predicted molar refractivity (Wildman–Crippen MR) is 49.0 cm³/mol. The van der Waals surface area contributed by atoms with Gasteiger partial charge in [0.05, 0.1) is 5.56 Å². The van der Waals surface area contributed by atoms with Crippen molar-refractivity contribution in [2.24, 2.45) is 5.73 Å². The van der Waals surface area contributed by atoms with E-state index in [0.717, 1.165) is 0 Å². The lowest BCUT2D eigenvalue weighted by molar-refractivity contribution is -0.140. The third-order valence-electron chi connectivity index (χ3n) is 2.13. The Kier molecular flexibility index (Phi) is 3.85. The summed E-state index contributed by atoms with van der Waals surface area (Å²) in [6.07, 6.45) is -8.36. The number of rotatable bonds is 3. The first-order chi connectivity index (χ1) is 8.20. The molecule has 100 valence electrons. The molecule has 1 heterocycles. The van der Waals surface area contributed by atoms with Crippen LogP contribution < -0.4 is 5.73 Å². The Morgan fingerprint density at radius 2 is 2.00 bits per heavy atom. The van der Waals surface area contributed by atoms with Crippen LogP contribution in [-0.2, 0) is 12.7 Å². The molecule has 9 heteroatoms. The number of alkyl halides is 5. The number of nitrogens with two attached hydrogens (primary N) is 1. The highest BCUT2D eigenvalue weighted by Gasteiger charge is 2.40. The van der Waals surface area contributed by atoms with Gasteiger partial charge in [-0.1, -0.05) is 0 Å². The first-order valence-corrected chi connectivity index (χ1v) is 4.50. The lowest BCUT2D eigenvalue weighted by atomic mass is 10.0. The number of halogens is 5. The van der Waals surface area contributed by atoms with Gasteiger partial charge < -0.3 is 10.8 Å². The van der Waals surface area contributed by atoms with E-state index in [-0.39, 0.29) is 6.20 Å². The van der Waals surface area contributed by atoms with Gasteiger partial charge in [0.25, 0.3) is 6.43 Å². The second-order valence-corrected chi connectivity index (χ2v) is 3.22. The van der Waals surface area contributed by atoms with E-state index in [4.69, 9.17) is 10.8 Å². The Bertz CT molecular complexity index is 473. The highest BCUT2D eigenvalue weighted by molar-refractivity contribution is 5.87. The number of hydrogen-bond acceptors (Lipinski definition) is 3. The number of carboxylic acids is 1. The molecule has 0 atom stereocenters. The van der Waals surface area contributed by atoms with E-state index in [2.05, 4.69) is 4.98 Å². The van der Waals surface area contributed by atoms with E-state index in [0.29, 0.717) is 0 Å². The predicted octanol–water partition coefficient (Wildman–Crippen LogP) is 2.19. The fourth-order valence-electron chi connectivity index (χ4n) is 1.45. The van der Waals surface area contributed by atoms with Crippen LogP contribution in [0.1, 0.15) is 33.6 Å². The number of aromatic nitrogens is 1. The molecule has 1 aromatic heterocycles. The first kappa shape index (κ1) is 14.3. The molecule has 0 fully saturated rings. The number of aromatic carboxylic acids is 1. The van der Waals surface area contributed by atoms with Crippen LogP contribution in [0.2, 0.25) is 0 Å². The summed E-state index contributed by atoms with van der Waals surface area (Å²) in [6.45, 7) is -0.857. The standard InChI is InChI=1S/C9H7F5N2O2/c10-7(11)4-2-16-6(8(17)18)3(1-15)5(4)9(12,13)14/h2,7H,1,15H2,(H,17,18). The molecular formula is C9H7F5N2O2. The molecular weight excluding hydrogens is 263 g/mol. The minimum atomic E-state index is -5.13. The van der Waals surface area contributed by atoms with Gasteiger partial charge in [-0.05, 0) is 0 Å². The van der Waals surface area contributed by atoms with Crippen LogP contribution in [-0.4, -0.2) is 16.1 Å². The third-order valence-corrected chi connectivity index (χ3v) is 2.13. The van der Waals surface area contributed by atoms with Gasteiger partial charge in [0.15, 0.2) is 5.69 Å². The molecule has 18 heavy (non-hydrogen) atoms. The number of carboxylic acid groups (broad SMARTS) is 1. The summed E-state index contributed by atoms with van der Waals surface area (Å²) in [6, 6.07) is 0. The molecule has 0 aliphatic heterocycles. The summed E-state index contributed by atoms with van der Waals surface area (Å²) in [5.41, 5.74) is -0.0327. The fraction of sp³-hybridized carbons (Fsp3) is 0.333. The van der Waals surface area contributed by atoms with Crippen molar-refractivity contribution in [1.82, 2.24) is 4.98 Å². The Balaban J connectivity index is 3.67. The van der Waals surface area contributed by atoms with Crippen LogP contribution in [0.3, 0.4) is 0 Å². The molecule has 0 spiro atoms. The molecule has 0 bridgehead atoms. The molecule has 0 saturated heterocycles. The van der Waals surface area contributed by atoms with Gasteiger partial charge in [-0.3, -0.25) is 0 Å². The van der Waals surface area contributed by atoms with Crippen LogP contribution in [0.25, 0.3) is 0 Å². The van der Waals surface area contributed by atoms with Crippen molar-refractivity contribution < 1.29 is 31.9 Å². The minimum absolute atomic E-state index is 0.204. The number of hydrogen-bond donors (Lipinski definition) is 2. The zero-order valence-electron chi connectivity index (χ0n) is 8.63. The van der Waals surface area contributed by atoms with Gasteiger partial charge >= 0.3 is 12.1 Å². The van der Waals surface area contributed by atoms with Crippen molar-refractivity contribution in [2.75, 3.05) is 0 Å². The molecule has 0 amide bonds. The molecule has 0 aliphatic rings. The van der Waals surface area contributed by atoms with Crippen LogP contribution in [0.5, 0.6) is 0 Å². The molecule has 0 unspecified atom stereocenters. The van der Waals surface area contributed by atoms with Crippen molar-refractivity contribution in [3.8, 4) is 0 Å². The average molecular weight is 270 g/mol. The van der Waals surface area contributed by atoms with E-state index in [1.54, 1.807) is 0 Å². The van der Waals surface area contributed by atoms with Crippen molar-refractivity contribution in [2.45, 2.75) is 19.1 Å². The lowest BCUT2D eigenvalue weighted by Crippen LogP contribution is -2.20. The molecule has 1 aromatic rings. The van der Waals surface area contributed by atoms with Crippen molar-refractivity contribution in [3.63, 3.8) is 0 Å². The summed E-state index contributed by atoms with van der Waals surface area (Å²) >= 11 is 0. The molecule has 0 radical (unpaired) electrons. The normalized spacial score (nSPS) is 11.9. The quantitative estimate of drug-likeness (QED) is 0.825. The maximum atomic E-state index is 12.7. The SMILES string of the molecule is NCc1c(C(=O)O)ncc(C(F)F)c1C(F)(F)F. The van der Waals surface area contributed by atoms with E-state index in [1.807, 2.05) is 0 Å². The van der Waals surface area contributed by atoms with E-state index in [1.165, 1.54) is 0 Å². The van der Waals surface area contributed by atoms with Crippen molar-refractivity contribution in [3.05, 3.63) is 28.6 Å². The van der Waals surface area contributed by atoms with Crippen LogP contribution >= 0.6 is 0 Å². The molecule has 1 rings (SSSR count). The monoisotopic (exact) mass is 270 g/mol. The van der Waals surface area contributed by atoms with Gasteiger partial charge in [0.2, 0.25) is 0 Å². The van der Waals surface area contributed by atoms with Gasteiger partial charge in [-0.15, -0.1) is 0 Å². The molecule has 0 aliphatic carbocycles. The Hall–Kier alpha value is -1.77. The van der Waals surface area contributed by atoms with Crippen molar-refractivity contribution >= 4 is 5.97 Å². The maximum Gasteiger partial charge on any atom is 0.417 e. The number of carbonyl (C=O) groups is 1. The Morgan fingerprint density at radius 1 is 1.44 bits per heavy atom. The summed E-state index contributed by atoms with van der Waals surface area (Å²) < 4.78 is 63.0. The topological polar surface area (TPSA) is 76.2 Å². The Labute approximate surface area is 97.2 Å². The highest BCUT2D eigenvalue weighted by Crippen LogP contribution is 2.39. The second kappa shape index (κ2) is 4.84. The lowest BCUT2D eigenvalue weighted by Gasteiger charge is -2.17. The maximum absolute atomic E-state index is 12.7. The zero-order valence-corrected chi connectivity index (χ0v) is 8.63. The van der Waals surface area contributed by atoms with E-state index in [9.17, 15) is 26.7 Å². The first-order valence-electron chi connectivity index (χ1n) is 4.50. The van der Waals surface area contributed by atoms with Gasteiger partial charge in [0, 0.05) is 23.9 Å². The fourth-order valence-corrected chi connectivity index (χ4v) is 1.45. The Morgan fingerprint density at radius 3 is 2.33 bits per heavy atom. The zero-order chi connectivity index (χ0) is 14.1. The second-order valence-electron chi connectivity index (χ2n) is 3.22. The highest BCUT2D eigenvalue weighted by atomic mass is 19.4. The number of pyridine rings is 1. The van der Waals surface area contributed by atoms with E-state index >= 15 is 0 Å². The summed E-state index contributed by atoms with van der Waals surface area (Å²) in [4.78, 5) is 13.8.